The molecule has 0 unspecified atom stereocenters. The Morgan fingerprint density at radius 2 is 2.09 bits per heavy atom. The highest BCUT2D eigenvalue weighted by Gasteiger charge is 2.46. The zero-order valence-corrected chi connectivity index (χ0v) is 13.8. The Morgan fingerprint density at radius 3 is 2.83 bits per heavy atom. The lowest BCUT2D eigenvalue weighted by Gasteiger charge is -2.33. The Bertz CT molecular complexity index is 604. The molecule has 1 saturated heterocycles. The molecule has 0 radical (unpaired) electrons. The molecular weight excluding hydrogens is 314 g/mol. The fraction of sp³-hybridized carbons (Fsp3) is 0.556. The summed E-state index contributed by atoms with van der Waals surface area (Å²) in [5, 5.41) is 9.55. The number of nitrogens with zero attached hydrogens (tertiary/aromatic N) is 1. The number of hydrogen-bond acceptors (Lipinski definition) is 2. The Labute approximate surface area is 141 Å². The molecule has 1 amide bonds. The third-order valence-electron chi connectivity index (χ3n) is 5.01. The number of carboxylic acids is 1. The van der Waals surface area contributed by atoms with Gasteiger partial charge < -0.3 is 10.0 Å². The zero-order valence-electron chi connectivity index (χ0n) is 13.1. The first-order valence-electron chi connectivity index (χ1n) is 8.31. The van der Waals surface area contributed by atoms with Gasteiger partial charge in [-0.15, -0.1) is 0 Å². The van der Waals surface area contributed by atoms with Gasteiger partial charge in [0.25, 0.3) is 0 Å². The fourth-order valence-electron chi connectivity index (χ4n) is 3.65. The van der Waals surface area contributed by atoms with Gasteiger partial charge >= 0.3 is 5.97 Å². The maximum atomic E-state index is 12.7. The van der Waals surface area contributed by atoms with Crippen molar-refractivity contribution in [3.63, 3.8) is 0 Å². The average Bonchev–Trinajstić information content (AvgIpc) is 3.33. The van der Waals surface area contributed by atoms with Crippen LogP contribution >= 0.6 is 11.6 Å². The van der Waals surface area contributed by atoms with Crippen molar-refractivity contribution in [3.8, 4) is 0 Å². The molecular formula is C18H22ClNO3. The van der Waals surface area contributed by atoms with Crippen LogP contribution in [0.25, 0.3) is 0 Å². The SMILES string of the molecule is O=C(O)CC[C@@H]1CCCN(C(=O)[C@H]2C[C@@H]2c2ccccc2Cl)C1. The van der Waals surface area contributed by atoms with E-state index in [4.69, 9.17) is 16.7 Å². The summed E-state index contributed by atoms with van der Waals surface area (Å²) >= 11 is 6.23. The molecule has 1 N–H and O–H groups in total. The van der Waals surface area contributed by atoms with Crippen LogP contribution in [0.2, 0.25) is 5.02 Å². The van der Waals surface area contributed by atoms with Crippen LogP contribution in [-0.4, -0.2) is 35.0 Å². The van der Waals surface area contributed by atoms with E-state index in [1.165, 1.54) is 0 Å². The number of aliphatic carboxylic acids is 1. The highest BCUT2D eigenvalue weighted by atomic mass is 35.5. The molecule has 1 aromatic carbocycles. The van der Waals surface area contributed by atoms with Crippen LogP contribution < -0.4 is 0 Å². The molecule has 124 valence electrons. The van der Waals surface area contributed by atoms with E-state index in [1.54, 1.807) is 0 Å². The van der Waals surface area contributed by atoms with Crippen molar-refractivity contribution in [3.05, 3.63) is 34.9 Å². The van der Waals surface area contributed by atoms with Crippen molar-refractivity contribution >= 4 is 23.5 Å². The molecule has 23 heavy (non-hydrogen) atoms. The van der Waals surface area contributed by atoms with E-state index in [0.29, 0.717) is 18.9 Å². The van der Waals surface area contributed by atoms with E-state index in [2.05, 4.69) is 0 Å². The molecule has 2 aliphatic rings. The second-order valence-corrected chi connectivity index (χ2v) is 7.10. The standard InChI is InChI=1S/C18H22ClNO3/c19-16-6-2-1-5-13(16)14-10-15(14)18(23)20-9-3-4-12(11-20)7-8-17(21)22/h1-2,5-6,12,14-15H,3-4,7-11H2,(H,21,22)/t12-,14+,15-/m0/s1. The summed E-state index contributed by atoms with van der Waals surface area (Å²) in [7, 11) is 0. The van der Waals surface area contributed by atoms with Crippen LogP contribution in [0.3, 0.4) is 0 Å². The predicted octanol–water partition coefficient (Wildman–Crippen LogP) is 3.55. The van der Waals surface area contributed by atoms with Crippen LogP contribution in [-0.2, 0) is 9.59 Å². The Kier molecular flexibility index (Phi) is 4.90. The summed E-state index contributed by atoms with van der Waals surface area (Å²) in [4.78, 5) is 25.4. The molecule has 0 aromatic heterocycles. The second-order valence-electron chi connectivity index (χ2n) is 6.70. The first-order chi connectivity index (χ1) is 11.1. The van der Waals surface area contributed by atoms with Gasteiger partial charge in [0.1, 0.15) is 0 Å². The molecule has 5 heteroatoms. The number of benzene rings is 1. The number of hydrogen-bond donors (Lipinski definition) is 1. The molecule has 1 aromatic rings. The van der Waals surface area contributed by atoms with Crippen LogP contribution in [0.15, 0.2) is 24.3 Å². The van der Waals surface area contributed by atoms with Gasteiger partial charge in [0.05, 0.1) is 0 Å². The van der Waals surface area contributed by atoms with Crippen LogP contribution in [0, 0.1) is 11.8 Å². The molecule has 3 atom stereocenters. The monoisotopic (exact) mass is 335 g/mol. The zero-order chi connectivity index (χ0) is 16.4. The highest BCUT2D eigenvalue weighted by molar-refractivity contribution is 6.31. The van der Waals surface area contributed by atoms with Gasteiger partial charge in [0.2, 0.25) is 5.91 Å². The summed E-state index contributed by atoms with van der Waals surface area (Å²) in [6.45, 7) is 1.51. The summed E-state index contributed by atoms with van der Waals surface area (Å²) in [5.74, 6) is 0.0782. The van der Waals surface area contributed by atoms with Crippen LogP contribution in [0.5, 0.6) is 0 Å². The van der Waals surface area contributed by atoms with Gasteiger partial charge in [-0.25, -0.2) is 0 Å². The lowest BCUT2D eigenvalue weighted by atomic mass is 9.93. The van der Waals surface area contributed by atoms with E-state index in [1.807, 2.05) is 29.2 Å². The molecule has 4 nitrogen and oxygen atoms in total. The molecule has 0 bridgehead atoms. The molecule has 3 rings (SSSR count). The third-order valence-corrected chi connectivity index (χ3v) is 5.35. The topological polar surface area (TPSA) is 57.6 Å². The van der Waals surface area contributed by atoms with Gasteiger partial charge in [-0.1, -0.05) is 29.8 Å². The normalized spacial score (nSPS) is 26.8. The van der Waals surface area contributed by atoms with Crippen molar-refractivity contribution in [2.24, 2.45) is 11.8 Å². The van der Waals surface area contributed by atoms with Crippen molar-refractivity contribution in [1.29, 1.82) is 0 Å². The Balaban J connectivity index is 1.57. The molecule has 1 aliphatic carbocycles. The first-order valence-corrected chi connectivity index (χ1v) is 8.69. The lowest BCUT2D eigenvalue weighted by Crippen LogP contribution is -2.41. The second kappa shape index (κ2) is 6.91. The van der Waals surface area contributed by atoms with Gasteiger partial charge in [-0.2, -0.15) is 0 Å². The van der Waals surface area contributed by atoms with Crippen LogP contribution in [0.4, 0.5) is 0 Å². The minimum atomic E-state index is -0.755. The van der Waals surface area contributed by atoms with E-state index in [-0.39, 0.29) is 24.2 Å². The number of carboxylic acid groups (broad SMARTS) is 1. The van der Waals surface area contributed by atoms with Gasteiger partial charge in [-0.05, 0) is 49.1 Å². The predicted molar refractivity (Wildman–Crippen MR) is 88.5 cm³/mol. The number of piperidine rings is 1. The maximum absolute atomic E-state index is 12.7. The lowest BCUT2D eigenvalue weighted by molar-refractivity contribution is -0.137. The minimum absolute atomic E-state index is 0.0492. The Morgan fingerprint density at radius 1 is 1.30 bits per heavy atom. The summed E-state index contributed by atoms with van der Waals surface area (Å²) in [5.41, 5.74) is 1.08. The molecule has 1 heterocycles. The summed E-state index contributed by atoms with van der Waals surface area (Å²) < 4.78 is 0. The molecule has 2 fully saturated rings. The van der Waals surface area contributed by atoms with E-state index in [0.717, 1.165) is 36.4 Å². The largest absolute Gasteiger partial charge is 0.481 e. The number of carbonyl (C=O) groups is 2. The van der Waals surface area contributed by atoms with Crippen molar-refractivity contribution in [2.45, 2.75) is 38.0 Å². The smallest absolute Gasteiger partial charge is 0.303 e. The Hall–Kier alpha value is -1.55. The maximum Gasteiger partial charge on any atom is 0.303 e. The number of rotatable bonds is 5. The third kappa shape index (κ3) is 3.86. The van der Waals surface area contributed by atoms with Gasteiger partial charge in [0.15, 0.2) is 0 Å². The minimum Gasteiger partial charge on any atom is -0.481 e. The number of carbonyl (C=O) groups excluding carboxylic acids is 1. The number of amides is 1. The van der Waals surface area contributed by atoms with Crippen molar-refractivity contribution < 1.29 is 14.7 Å². The summed E-state index contributed by atoms with van der Waals surface area (Å²) in [6.07, 6.45) is 3.73. The number of likely N-dealkylation sites (tertiary alicyclic amines) is 1. The van der Waals surface area contributed by atoms with E-state index < -0.39 is 5.97 Å². The average molecular weight is 336 g/mol. The fourth-order valence-corrected chi connectivity index (χ4v) is 3.93. The van der Waals surface area contributed by atoms with Crippen LogP contribution in [0.1, 0.15) is 43.6 Å². The van der Waals surface area contributed by atoms with Crippen molar-refractivity contribution in [1.82, 2.24) is 4.90 Å². The first kappa shape index (κ1) is 16.3. The summed E-state index contributed by atoms with van der Waals surface area (Å²) in [6, 6.07) is 7.75. The van der Waals surface area contributed by atoms with Gasteiger partial charge in [-0.3, -0.25) is 9.59 Å². The van der Waals surface area contributed by atoms with Gasteiger partial charge in [0, 0.05) is 30.5 Å². The number of halogens is 1. The van der Waals surface area contributed by atoms with Crippen molar-refractivity contribution in [2.75, 3.05) is 13.1 Å². The van der Waals surface area contributed by atoms with E-state index >= 15 is 0 Å². The molecule has 1 aliphatic heterocycles. The highest BCUT2D eigenvalue weighted by Crippen LogP contribution is 2.50. The quantitative estimate of drug-likeness (QED) is 0.895. The van der Waals surface area contributed by atoms with E-state index in [9.17, 15) is 9.59 Å². The molecule has 1 saturated carbocycles. The molecule has 0 spiro atoms.